The Labute approximate surface area is 168 Å². The molecule has 0 amide bonds. The zero-order valence-electron chi connectivity index (χ0n) is 15.8. The fraction of sp³-hybridized carbons (Fsp3) is 0.100. The van der Waals surface area contributed by atoms with Crippen LogP contribution in [0.4, 0.5) is 11.5 Å². The Kier molecular flexibility index (Phi) is 4.59. The number of nitrogens with two attached hydrogens (primary N) is 1. The highest BCUT2D eigenvalue weighted by Gasteiger charge is 2.20. The first-order valence-electron chi connectivity index (χ1n) is 8.76. The number of nitrogen functional groups attached to an aromatic ring is 1. The average Bonchev–Trinajstić information content (AvgIpc) is 3.19. The van der Waals surface area contributed by atoms with Crippen molar-refractivity contribution >= 4 is 27.2 Å². The molecule has 3 N–H and O–H groups in total. The number of nitrogens with one attached hydrogen (secondary N) is 1. The number of fused-ring (bicyclic) bond motifs is 1. The lowest BCUT2D eigenvalue weighted by atomic mass is 10.0. The Bertz CT molecular complexity index is 1310. The van der Waals surface area contributed by atoms with E-state index in [1.807, 2.05) is 13.0 Å². The molecule has 29 heavy (non-hydrogen) atoms. The highest BCUT2D eigenvalue weighted by Crippen LogP contribution is 2.31. The second-order valence-electron chi connectivity index (χ2n) is 6.44. The van der Waals surface area contributed by atoms with Crippen LogP contribution in [0.1, 0.15) is 5.56 Å². The van der Waals surface area contributed by atoms with E-state index in [0.717, 1.165) is 11.1 Å². The van der Waals surface area contributed by atoms with Gasteiger partial charge in [0.05, 0.1) is 19.0 Å². The Morgan fingerprint density at radius 3 is 2.69 bits per heavy atom. The van der Waals surface area contributed by atoms with Crippen LogP contribution in [0.5, 0.6) is 5.75 Å². The normalized spacial score (nSPS) is 11.5. The Hall–Kier alpha value is -3.59. The number of aromatic nitrogens is 3. The van der Waals surface area contributed by atoms with Gasteiger partial charge in [-0.15, -0.1) is 0 Å². The van der Waals surface area contributed by atoms with Crippen molar-refractivity contribution in [2.45, 2.75) is 11.8 Å². The second kappa shape index (κ2) is 7.10. The Balaban J connectivity index is 1.69. The molecule has 4 rings (SSSR count). The van der Waals surface area contributed by atoms with Gasteiger partial charge < -0.3 is 10.5 Å². The summed E-state index contributed by atoms with van der Waals surface area (Å²) in [4.78, 5) is 4.42. The van der Waals surface area contributed by atoms with E-state index in [4.69, 9.17) is 10.5 Å². The third-order valence-corrected chi connectivity index (χ3v) is 6.00. The molecule has 9 heteroatoms. The number of para-hydroxylation sites is 1. The minimum Gasteiger partial charge on any atom is -0.495 e. The van der Waals surface area contributed by atoms with Crippen molar-refractivity contribution in [3.63, 3.8) is 0 Å². The van der Waals surface area contributed by atoms with Gasteiger partial charge in [-0.2, -0.15) is 9.61 Å². The zero-order chi connectivity index (χ0) is 20.6. The summed E-state index contributed by atoms with van der Waals surface area (Å²) in [6.07, 6.45) is 3.31. The number of methoxy groups -OCH3 is 1. The summed E-state index contributed by atoms with van der Waals surface area (Å²) in [6, 6.07) is 13.6. The molecule has 0 spiro atoms. The maximum atomic E-state index is 12.8. The molecule has 2 aromatic carbocycles. The van der Waals surface area contributed by atoms with Crippen molar-refractivity contribution in [1.82, 2.24) is 14.6 Å². The van der Waals surface area contributed by atoms with Crippen LogP contribution in [0.2, 0.25) is 0 Å². The van der Waals surface area contributed by atoms with Crippen LogP contribution in [0.25, 0.3) is 16.8 Å². The van der Waals surface area contributed by atoms with Gasteiger partial charge in [0, 0.05) is 17.8 Å². The van der Waals surface area contributed by atoms with Gasteiger partial charge in [-0.3, -0.25) is 4.72 Å². The zero-order valence-corrected chi connectivity index (χ0v) is 16.6. The number of benzene rings is 2. The topological polar surface area (TPSA) is 112 Å². The van der Waals surface area contributed by atoms with E-state index >= 15 is 0 Å². The van der Waals surface area contributed by atoms with Gasteiger partial charge >= 0.3 is 0 Å². The lowest BCUT2D eigenvalue weighted by Crippen LogP contribution is -2.14. The van der Waals surface area contributed by atoms with E-state index in [1.54, 1.807) is 53.3 Å². The predicted octanol–water partition coefficient (Wildman–Crippen LogP) is 3.10. The number of sulfonamides is 1. The Morgan fingerprint density at radius 2 is 1.93 bits per heavy atom. The van der Waals surface area contributed by atoms with Gasteiger partial charge in [-0.1, -0.05) is 18.2 Å². The van der Waals surface area contributed by atoms with E-state index in [1.165, 1.54) is 13.2 Å². The fourth-order valence-electron chi connectivity index (χ4n) is 3.10. The molecule has 8 nitrogen and oxygen atoms in total. The number of nitrogens with zero attached hydrogens (tertiary/aromatic N) is 3. The monoisotopic (exact) mass is 409 g/mol. The number of anilines is 2. The molecule has 0 saturated carbocycles. The minimum atomic E-state index is -3.81. The molecule has 2 aromatic heterocycles. The molecule has 0 atom stereocenters. The average molecular weight is 409 g/mol. The largest absolute Gasteiger partial charge is 0.495 e. The smallest absolute Gasteiger partial charge is 0.265 e. The van der Waals surface area contributed by atoms with Crippen LogP contribution < -0.4 is 15.2 Å². The molecule has 0 aliphatic rings. The van der Waals surface area contributed by atoms with Gasteiger partial charge in [0.1, 0.15) is 16.5 Å². The van der Waals surface area contributed by atoms with Gasteiger partial charge in [0.2, 0.25) is 0 Å². The summed E-state index contributed by atoms with van der Waals surface area (Å²) in [5.74, 6) is 0.738. The molecule has 2 heterocycles. The summed E-state index contributed by atoms with van der Waals surface area (Å²) in [6.45, 7) is 1.82. The fourth-order valence-corrected chi connectivity index (χ4v) is 4.40. The summed E-state index contributed by atoms with van der Waals surface area (Å²) in [5, 5.41) is 4.17. The van der Waals surface area contributed by atoms with E-state index in [2.05, 4.69) is 14.8 Å². The summed E-state index contributed by atoms with van der Waals surface area (Å²) in [7, 11) is -2.38. The highest BCUT2D eigenvalue weighted by molar-refractivity contribution is 7.92. The molecular formula is C20H19N5O3S. The van der Waals surface area contributed by atoms with E-state index < -0.39 is 10.0 Å². The van der Waals surface area contributed by atoms with Crippen LogP contribution in [-0.4, -0.2) is 30.1 Å². The Morgan fingerprint density at radius 1 is 1.14 bits per heavy atom. The maximum Gasteiger partial charge on any atom is 0.265 e. The second-order valence-corrected chi connectivity index (χ2v) is 8.10. The quantitative estimate of drug-likeness (QED) is 0.524. The molecule has 0 bridgehead atoms. The van der Waals surface area contributed by atoms with E-state index in [0.29, 0.717) is 22.7 Å². The SMILES string of the molecule is COc1ccccc1S(=O)(=O)Nc1ccc(-c2cnc3ccnn3c2N)cc1C. The van der Waals surface area contributed by atoms with Crippen molar-refractivity contribution in [3.05, 3.63) is 66.5 Å². The standard InChI is InChI=1S/C20H19N5O3S/c1-13-11-14(15-12-22-19-9-10-23-25(19)20(15)21)7-8-16(13)24-29(26,27)18-6-4-3-5-17(18)28-2/h3-12,24H,21H2,1-2H3. The van der Waals surface area contributed by atoms with E-state index in [-0.39, 0.29) is 10.6 Å². The number of hydrogen-bond acceptors (Lipinski definition) is 6. The van der Waals surface area contributed by atoms with E-state index in [9.17, 15) is 8.42 Å². The number of hydrogen-bond donors (Lipinski definition) is 2. The van der Waals surface area contributed by atoms with Crippen LogP contribution in [0.3, 0.4) is 0 Å². The van der Waals surface area contributed by atoms with Crippen LogP contribution in [0.15, 0.2) is 65.8 Å². The summed E-state index contributed by atoms with van der Waals surface area (Å²) >= 11 is 0. The molecule has 148 valence electrons. The maximum absolute atomic E-state index is 12.8. The molecule has 4 aromatic rings. The van der Waals surface area contributed by atoms with Crippen molar-refractivity contribution < 1.29 is 13.2 Å². The molecule has 0 radical (unpaired) electrons. The number of aryl methyl sites for hydroxylation is 1. The van der Waals surface area contributed by atoms with Crippen LogP contribution in [0, 0.1) is 6.92 Å². The molecule has 0 unspecified atom stereocenters. The first-order valence-corrected chi connectivity index (χ1v) is 10.2. The first-order chi connectivity index (χ1) is 13.9. The molecule has 0 fully saturated rings. The summed E-state index contributed by atoms with van der Waals surface area (Å²) < 4.78 is 35.0. The van der Waals surface area contributed by atoms with Crippen molar-refractivity contribution in [1.29, 1.82) is 0 Å². The van der Waals surface area contributed by atoms with Gasteiger partial charge in [0.15, 0.2) is 5.65 Å². The van der Waals surface area contributed by atoms with Gasteiger partial charge in [-0.25, -0.2) is 13.4 Å². The van der Waals surface area contributed by atoms with Crippen molar-refractivity contribution in [2.75, 3.05) is 17.6 Å². The van der Waals surface area contributed by atoms with Crippen LogP contribution in [-0.2, 0) is 10.0 Å². The van der Waals surface area contributed by atoms with Gasteiger partial charge in [-0.05, 0) is 42.3 Å². The molecular weight excluding hydrogens is 390 g/mol. The highest BCUT2D eigenvalue weighted by atomic mass is 32.2. The predicted molar refractivity (Wildman–Crippen MR) is 111 cm³/mol. The third-order valence-electron chi connectivity index (χ3n) is 4.59. The minimum absolute atomic E-state index is 0.0727. The lowest BCUT2D eigenvalue weighted by Gasteiger charge is -2.14. The van der Waals surface area contributed by atoms with Crippen LogP contribution >= 0.6 is 0 Å². The number of rotatable bonds is 5. The van der Waals surface area contributed by atoms with Gasteiger partial charge in [0.25, 0.3) is 10.0 Å². The summed E-state index contributed by atoms with van der Waals surface area (Å²) in [5.41, 5.74) is 9.61. The number of ether oxygens (including phenoxy) is 1. The molecule has 0 aliphatic heterocycles. The lowest BCUT2D eigenvalue weighted by molar-refractivity contribution is 0.403. The van der Waals surface area contributed by atoms with Crippen molar-refractivity contribution in [2.24, 2.45) is 0 Å². The first kappa shape index (κ1) is 18.8. The van der Waals surface area contributed by atoms with Crippen molar-refractivity contribution in [3.8, 4) is 16.9 Å². The molecule has 0 aliphatic carbocycles. The molecule has 0 saturated heterocycles. The third kappa shape index (κ3) is 3.36.